The zero-order valence-electron chi connectivity index (χ0n) is 20.5. The van der Waals surface area contributed by atoms with Crippen molar-refractivity contribution in [2.24, 2.45) is 21.8 Å². The van der Waals surface area contributed by atoms with Crippen molar-refractivity contribution in [3.8, 4) is 0 Å². The van der Waals surface area contributed by atoms with Gasteiger partial charge in [-0.1, -0.05) is 70.2 Å². The molecule has 2 aliphatic rings. The molecule has 0 saturated carbocycles. The van der Waals surface area contributed by atoms with Crippen LogP contribution in [0.2, 0.25) is 0 Å². The van der Waals surface area contributed by atoms with Crippen molar-refractivity contribution in [1.29, 1.82) is 0 Å². The summed E-state index contributed by atoms with van der Waals surface area (Å²) in [6.45, 7) is 10.7. The number of hydrogen-bond donors (Lipinski definition) is 0. The molecule has 0 unspecified atom stereocenters. The molecule has 0 aliphatic carbocycles. The monoisotopic (exact) mass is 451 g/mol. The molecule has 0 bridgehead atoms. The van der Waals surface area contributed by atoms with Gasteiger partial charge in [0.1, 0.15) is 11.4 Å². The van der Waals surface area contributed by atoms with Crippen molar-refractivity contribution >= 4 is 23.0 Å². The van der Waals surface area contributed by atoms with Gasteiger partial charge >= 0.3 is 0 Å². The molecule has 5 rings (SSSR count). The van der Waals surface area contributed by atoms with Crippen molar-refractivity contribution < 1.29 is 0 Å². The van der Waals surface area contributed by atoms with Crippen LogP contribution in [0.1, 0.15) is 39.1 Å². The molecule has 0 saturated heterocycles. The number of rotatable bonds is 6. The SMILES string of the molecule is CC(C)[C@@H]1CN(c2ccccc2)C(c2cccc(C3=N[C@H](C(C)C)CN3c3ccccc3)n2)=N1. The number of benzene rings is 2. The first-order chi connectivity index (χ1) is 16.5. The van der Waals surface area contributed by atoms with E-state index in [1.165, 1.54) is 0 Å². The van der Waals surface area contributed by atoms with Crippen molar-refractivity contribution in [3.63, 3.8) is 0 Å². The van der Waals surface area contributed by atoms with Crippen LogP contribution in [0.4, 0.5) is 11.4 Å². The molecule has 0 fully saturated rings. The van der Waals surface area contributed by atoms with Crippen LogP contribution in [-0.2, 0) is 0 Å². The first-order valence-corrected chi connectivity index (χ1v) is 12.3. The maximum Gasteiger partial charge on any atom is 0.154 e. The average Bonchev–Trinajstić information content (AvgIpc) is 3.51. The molecule has 5 heteroatoms. The summed E-state index contributed by atoms with van der Waals surface area (Å²) in [4.78, 5) is 20.0. The number of aromatic nitrogens is 1. The summed E-state index contributed by atoms with van der Waals surface area (Å²) in [7, 11) is 0. The Balaban J connectivity index is 1.54. The number of amidine groups is 2. The van der Waals surface area contributed by atoms with E-state index in [2.05, 4.69) is 116 Å². The lowest BCUT2D eigenvalue weighted by Gasteiger charge is -2.23. The van der Waals surface area contributed by atoms with Crippen LogP contribution >= 0.6 is 0 Å². The molecule has 3 heterocycles. The first kappa shape index (κ1) is 22.3. The van der Waals surface area contributed by atoms with Gasteiger partial charge in [-0.3, -0.25) is 9.98 Å². The molecule has 3 aromatic rings. The summed E-state index contributed by atoms with van der Waals surface area (Å²) in [5.74, 6) is 2.81. The lowest BCUT2D eigenvalue weighted by atomic mass is 10.1. The Morgan fingerprint density at radius 3 is 1.38 bits per heavy atom. The zero-order valence-corrected chi connectivity index (χ0v) is 20.5. The highest BCUT2D eigenvalue weighted by atomic mass is 15.3. The first-order valence-electron chi connectivity index (χ1n) is 12.3. The third kappa shape index (κ3) is 4.35. The molecule has 2 atom stereocenters. The van der Waals surface area contributed by atoms with E-state index in [1.54, 1.807) is 0 Å². The number of hydrogen-bond acceptors (Lipinski definition) is 5. The van der Waals surface area contributed by atoms with Crippen LogP contribution in [0.15, 0.2) is 88.8 Å². The summed E-state index contributed by atoms with van der Waals surface area (Å²) in [5.41, 5.74) is 4.10. The minimum atomic E-state index is 0.246. The molecule has 174 valence electrons. The smallest absolute Gasteiger partial charge is 0.154 e. The van der Waals surface area contributed by atoms with Crippen molar-refractivity contribution in [2.75, 3.05) is 22.9 Å². The summed E-state index contributed by atoms with van der Waals surface area (Å²) < 4.78 is 0. The van der Waals surface area contributed by atoms with Crippen LogP contribution in [0.25, 0.3) is 0 Å². The van der Waals surface area contributed by atoms with Crippen molar-refractivity contribution in [2.45, 2.75) is 39.8 Å². The Morgan fingerprint density at radius 1 is 0.588 bits per heavy atom. The summed E-state index contributed by atoms with van der Waals surface area (Å²) in [5, 5.41) is 0. The standard InChI is InChI=1S/C29H33N5/c1-20(2)26-18-33(22-12-7-5-8-13-22)28(31-26)24-16-11-17-25(30-24)29-32-27(21(3)4)19-34(29)23-14-9-6-10-15-23/h5-17,20-21,26-27H,18-19H2,1-4H3/t26-,27-/m0/s1. The minimum Gasteiger partial charge on any atom is -0.323 e. The molecule has 0 N–H and O–H groups in total. The lowest BCUT2D eigenvalue weighted by molar-refractivity contribution is 0.521. The van der Waals surface area contributed by atoms with E-state index in [4.69, 9.17) is 15.0 Å². The summed E-state index contributed by atoms with van der Waals surface area (Å²) >= 11 is 0. The molecule has 0 spiro atoms. The highest BCUT2D eigenvalue weighted by Crippen LogP contribution is 2.28. The van der Waals surface area contributed by atoms with Crippen molar-refractivity contribution in [1.82, 2.24) is 4.98 Å². The lowest BCUT2D eigenvalue weighted by Crippen LogP contribution is -2.33. The zero-order chi connectivity index (χ0) is 23.7. The van der Waals surface area contributed by atoms with Crippen LogP contribution < -0.4 is 9.80 Å². The number of pyridine rings is 1. The minimum absolute atomic E-state index is 0.246. The molecule has 2 aliphatic heterocycles. The number of anilines is 2. The van der Waals surface area contributed by atoms with E-state index in [0.717, 1.165) is 47.5 Å². The third-order valence-corrected chi connectivity index (χ3v) is 6.71. The van der Waals surface area contributed by atoms with Gasteiger partial charge in [-0.15, -0.1) is 0 Å². The van der Waals surface area contributed by atoms with E-state index in [1.807, 2.05) is 0 Å². The Bertz CT molecular complexity index is 1090. The van der Waals surface area contributed by atoms with Crippen LogP contribution in [-0.4, -0.2) is 41.8 Å². The Morgan fingerprint density at radius 2 is 1.00 bits per heavy atom. The van der Waals surface area contributed by atoms with Crippen LogP contribution in [0, 0.1) is 11.8 Å². The average molecular weight is 452 g/mol. The molecule has 0 radical (unpaired) electrons. The van der Waals surface area contributed by atoms with E-state index in [9.17, 15) is 0 Å². The predicted molar refractivity (Wildman–Crippen MR) is 142 cm³/mol. The van der Waals surface area contributed by atoms with Gasteiger partial charge in [-0.2, -0.15) is 0 Å². The highest BCUT2D eigenvalue weighted by molar-refractivity contribution is 6.13. The highest BCUT2D eigenvalue weighted by Gasteiger charge is 2.32. The van der Waals surface area contributed by atoms with Gasteiger partial charge in [0.15, 0.2) is 11.7 Å². The Labute approximate surface area is 202 Å². The molecule has 2 aromatic carbocycles. The fourth-order valence-corrected chi connectivity index (χ4v) is 4.57. The summed E-state index contributed by atoms with van der Waals surface area (Å²) in [6.07, 6.45) is 0. The van der Waals surface area contributed by atoms with Crippen LogP contribution in [0.5, 0.6) is 0 Å². The van der Waals surface area contributed by atoms with Gasteiger partial charge in [0.05, 0.1) is 12.1 Å². The topological polar surface area (TPSA) is 44.1 Å². The predicted octanol–water partition coefficient (Wildman–Crippen LogP) is 5.66. The van der Waals surface area contributed by atoms with E-state index in [-0.39, 0.29) is 12.1 Å². The largest absolute Gasteiger partial charge is 0.323 e. The molecule has 1 aromatic heterocycles. The second-order valence-electron chi connectivity index (χ2n) is 9.83. The van der Waals surface area contributed by atoms with E-state index < -0.39 is 0 Å². The van der Waals surface area contributed by atoms with Gasteiger partial charge < -0.3 is 9.80 Å². The quantitative estimate of drug-likeness (QED) is 0.485. The molecular formula is C29H33N5. The Hall–Kier alpha value is -3.47. The molecule has 5 nitrogen and oxygen atoms in total. The second-order valence-corrected chi connectivity index (χ2v) is 9.83. The second kappa shape index (κ2) is 9.41. The van der Waals surface area contributed by atoms with E-state index >= 15 is 0 Å². The number of nitrogens with zero attached hydrogens (tertiary/aromatic N) is 5. The maximum atomic E-state index is 5.13. The fourth-order valence-electron chi connectivity index (χ4n) is 4.57. The number of para-hydroxylation sites is 2. The van der Waals surface area contributed by atoms with Gasteiger partial charge in [0, 0.05) is 24.5 Å². The van der Waals surface area contributed by atoms with E-state index in [0.29, 0.717) is 11.8 Å². The normalized spacial score (nSPS) is 20.3. The summed E-state index contributed by atoms with van der Waals surface area (Å²) in [6, 6.07) is 27.7. The van der Waals surface area contributed by atoms with Crippen LogP contribution in [0.3, 0.4) is 0 Å². The van der Waals surface area contributed by atoms with Gasteiger partial charge in [0.2, 0.25) is 0 Å². The molecule has 34 heavy (non-hydrogen) atoms. The third-order valence-electron chi connectivity index (χ3n) is 6.71. The van der Waals surface area contributed by atoms with Crippen molar-refractivity contribution in [3.05, 3.63) is 90.3 Å². The maximum absolute atomic E-state index is 5.13. The number of aliphatic imine (C=N–C) groups is 2. The van der Waals surface area contributed by atoms with Gasteiger partial charge in [0.25, 0.3) is 0 Å². The Kier molecular flexibility index (Phi) is 6.18. The molecule has 0 amide bonds. The fraction of sp³-hybridized carbons (Fsp3) is 0.345. The van der Waals surface area contributed by atoms with Gasteiger partial charge in [-0.25, -0.2) is 4.98 Å². The van der Waals surface area contributed by atoms with Gasteiger partial charge in [-0.05, 0) is 48.2 Å². The molecular weight excluding hydrogens is 418 g/mol.